The first-order valence-corrected chi connectivity index (χ1v) is 10.1. The van der Waals surface area contributed by atoms with Gasteiger partial charge in [0.2, 0.25) is 5.91 Å². The highest BCUT2D eigenvalue weighted by Crippen LogP contribution is 2.25. The van der Waals surface area contributed by atoms with Gasteiger partial charge in [0.15, 0.2) is 0 Å². The van der Waals surface area contributed by atoms with Gasteiger partial charge in [-0.25, -0.2) is 4.79 Å². The SMILES string of the molecule is Cc1cc(Br)ccc1NC(=O)CCNC(=O)NCCc1ccc2c(c1)CCO2. The minimum absolute atomic E-state index is 0.133. The molecular formula is C21H24BrN3O3. The second-order valence-electron chi connectivity index (χ2n) is 6.73. The zero-order valence-corrected chi connectivity index (χ0v) is 17.4. The molecule has 0 aliphatic carbocycles. The van der Waals surface area contributed by atoms with Crippen LogP contribution in [-0.2, 0) is 17.6 Å². The Bertz CT molecular complexity index is 870. The topological polar surface area (TPSA) is 79.5 Å². The van der Waals surface area contributed by atoms with Crippen molar-refractivity contribution >= 4 is 33.6 Å². The molecule has 0 bridgehead atoms. The number of benzene rings is 2. The van der Waals surface area contributed by atoms with Crippen molar-refractivity contribution in [2.24, 2.45) is 0 Å². The van der Waals surface area contributed by atoms with Crippen LogP contribution in [0.3, 0.4) is 0 Å². The highest BCUT2D eigenvalue weighted by molar-refractivity contribution is 9.10. The standard InChI is InChI=1S/C21H24BrN3O3/c1-14-12-17(22)3-4-18(14)25-20(26)7-10-24-21(27)23-9-6-15-2-5-19-16(13-15)8-11-28-19/h2-5,12-13H,6-11H2,1H3,(H,25,26)(H2,23,24,27). The van der Waals surface area contributed by atoms with Gasteiger partial charge in [0.25, 0.3) is 0 Å². The Balaban J connectivity index is 1.32. The first-order chi connectivity index (χ1) is 13.5. The zero-order chi connectivity index (χ0) is 19.9. The molecule has 3 rings (SSSR count). The number of carbonyl (C=O) groups is 2. The summed E-state index contributed by atoms with van der Waals surface area (Å²) in [5.74, 6) is 0.831. The number of rotatable bonds is 7. The molecule has 0 aromatic heterocycles. The molecule has 28 heavy (non-hydrogen) atoms. The molecular weight excluding hydrogens is 422 g/mol. The van der Waals surface area contributed by atoms with E-state index in [9.17, 15) is 9.59 Å². The summed E-state index contributed by atoms with van der Waals surface area (Å²) in [7, 11) is 0. The van der Waals surface area contributed by atoms with Crippen LogP contribution in [-0.4, -0.2) is 31.6 Å². The van der Waals surface area contributed by atoms with Gasteiger partial charge >= 0.3 is 6.03 Å². The Kier molecular flexibility index (Phi) is 6.92. The fourth-order valence-electron chi connectivity index (χ4n) is 3.05. The van der Waals surface area contributed by atoms with Crippen molar-refractivity contribution in [1.29, 1.82) is 0 Å². The third-order valence-electron chi connectivity index (χ3n) is 4.55. The smallest absolute Gasteiger partial charge is 0.314 e. The molecule has 6 nitrogen and oxygen atoms in total. The normalized spacial score (nSPS) is 12.1. The molecule has 0 saturated carbocycles. The van der Waals surface area contributed by atoms with Gasteiger partial charge in [-0.3, -0.25) is 4.79 Å². The maximum absolute atomic E-state index is 12.0. The minimum atomic E-state index is -0.267. The molecule has 2 aromatic carbocycles. The lowest BCUT2D eigenvalue weighted by atomic mass is 10.1. The lowest BCUT2D eigenvalue weighted by Crippen LogP contribution is -2.38. The van der Waals surface area contributed by atoms with Crippen LogP contribution < -0.4 is 20.7 Å². The summed E-state index contributed by atoms with van der Waals surface area (Å²) in [6.07, 6.45) is 1.91. The molecule has 3 N–H and O–H groups in total. The molecule has 1 heterocycles. The third-order valence-corrected chi connectivity index (χ3v) is 5.05. The van der Waals surface area contributed by atoms with Gasteiger partial charge in [-0.2, -0.15) is 0 Å². The van der Waals surface area contributed by atoms with Gasteiger partial charge in [0.05, 0.1) is 6.61 Å². The Morgan fingerprint density at radius 2 is 1.93 bits per heavy atom. The summed E-state index contributed by atoms with van der Waals surface area (Å²) < 4.78 is 6.46. The van der Waals surface area contributed by atoms with Gasteiger partial charge in [-0.05, 0) is 54.3 Å². The van der Waals surface area contributed by atoms with E-state index in [1.54, 1.807) is 0 Å². The Labute approximate surface area is 173 Å². The number of aryl methyl sites for hydroxylation is 1. The number of fused-ring (bicyclic) bond motifs is 1. The average molecular weight is 446 g/mol. The van der Waals surface area contributed by atoms with Crippen LogP contribution in [0.15, 0.2) is 40.9 Å². The lowest BCUT2D eigenvalue weighted by molar-refractivity contribution is -0.116. The van der Waals surface area contributed by atoms with Crippen molar-refractivity contribution in [2.45, 2.75) is 26.2 Å². The van der Waals surface area contributed by atoms with Crippen LogP contribution in [0.2, 0.25) is 0 Å². The molecule has 1 aliphatic heterocycles. The molecule has 0 atom stereocenters. The molecule has 0 saturated heterocycles. The number of hydrogen-bond acceptors (Lipinski definition) is 3. The van der Waals surface area contributed by atoms with Crippen LogP contribution >= 0.6 is 15.9 Å². The van der Waals surface area contributed by atoms with Gasteiger partial charge in [0.1, 0.15) is 5.75 Å². The predicted molar refractivity (Wildman–Crippen MR) is 113 cm³/mol. The molecule has 0 fully saturated rings. The largest absolute Gasteiger partial charge is 0.493 e. The number of anilines is 1. The van der Waals surface area contributed by atoms with Crippen LogP contribution in [0.1, 0.15) is 23.1 Å². The van der Waals surface area contributed by atoms with Crippen LogP contribution in [0, 0.1) is 6.92 Å². The molecule has 3 amide bonds. The first-order valence-electron chi connectivity index (χ1n) is 9.33. The number of nitrogens with one attached hydrogen (secondary N) is 3. The number of urea groups is 1. The number of hydrogen-bond donors (Lipinski definition) is 3. The van der Waals surface area contributed by atoms with Crippen LogP contribution in [0.4, 0.5) is 10.5 Å². The summed E-state index contributed by atoms with van der Waals surface area (Å²) in [5.41, 5.74) is 4.16. The Morgan fingerprint density at radius 3 is 2.75 bits per heavy atom. The Morgan fingerprint density at radius 1 is 1.11 bits per heavy atom. The maximum atomic E-state index is 12.0. The van der Waals surface area contributed by atoms with Gasteiger partial charge in [-0.1, -0.05) is 28.1 Å². The van der Waals surface area contributed by atoms with Crippen molar-refractivity contribution in [3.05, 3.63) is 57.6 Å². The summed E-state index contributed by atoms with van der Waals surface area (Å²) in [6.45, 7) is 3.49. The van der Waals surface area contributed by atoms with Crippen LogP contribution in [0.5, 0.6) is 5.75 Å². The van der Waals surface area contributed by atoms with E-state index in [0.29, 0.717) is 6.54 Å². The molecule has 0 unspecified atom stereocenters. The van der Waals surface area contributed by atoms with E-state index in [2.05, 4.69) is 37.9 Å². The zero-order valence-electron chi connectivity index (χ0n) is 15.8. The van der Waals surface area contributed by atoms with E-state index in [4.69, 9.17) is 4.74 Å². The second kappa shape index (κ2) is 9.59. The quantitative estimate of drug-likeness (QED) is 0.609. The highest BCUT2D eigenvalue weighted by atomic mass is 79.9. The van der Waals surface area contributed by atoms with Crippen molar-refractivity contribution in [3.8, 4) is 5.75 Å². The highest BCUT2D eigenvalue weighted by Gasteiger charge is 2.12. The number of halogens is 1. The van der Waals surface area contributed by atoms with Crippen LogP contribution in [0.25, 0.3) is 0 Å². The molecule has 0 spiro atoms. The van der Waals surface area contributed by atoms with E-state index in [1.165, 1.54) is 11.1 Å². The maximum Gasteiger partial charge on any atom is 0.314 e. The predicted octanol–water partition coefficient (Wildman–Crippen LogP) is 3.56. The summed E-state index contributed by atoms with van der Waals surface area (Å²) in [6, 6.07) is 11.6. The van der Waals surface area contributed by atoms with Crippen molar-refractivity contribution in [3.63, 3.8) is 0 Å². The number of amides is 3. The Hall–Kier alpha value is -2.54. The van der Waals surface area contributed by atoms with Gasteiger partial charge < -0.3 is 20.7 Å². The van der Waals surface area contributed by atoms with E-state index < -0.39 is 0 Å². The molecule has 7 heteroatoms. The van der Waals surface area contributed by atoms with E-state index in [-0.39, 0.29) is 24.9 Å². The number of ether oxygens (including phenoxy) is 1. The van der Waals surface area contributed by atoms with E-state index in [1.807, 2.05) is 37.3 Å². The van der Waals surface area contributed by atoms with Crippen molar-refractivity contribution < 1.29 is 14.3 Å². The third kappa shape index (κ3) is 5.73. The first kappa shape index (κ1) is 20.2. The fraction of sp³-hybridized carbons (Fsp3) is 0.333. The summed E-state index contributed by atoms with van der Waals surface area (Å²) in [5, 5.41) is 8.39. The minimum Gasteiger partial charge on any atom is -0.493 e. The average Bonchev–Trinajstić information content (AvgIpc) is 3.12. The number of carbonyl (C=O) groups excluding carboxylic acids is 2. The molecule has 148 valence electrons. The second-order valence-corrected chi connectivity index (χ2v) is 7.65. The molecule has 2 aromatic rings. The summed E-state index contributed by atoms with van der Waals surface area (Å²) in [4.78, 5) is 23.9. The van der Waals surface area contributed by atoms with Gasteiger partial charge in [0, 0.05) is 36.1 Å². The fourth-order valence-corrected chi connectivity index (χ4v) is 3.52. The monoisotopic (exact) mass is 445 g/mol. The van der Waals surface area contributed by atoms with Gasteiger partial charge in [-0.15, -0.1) is 0 Å². The molecule has 0 radical (unpaired) electrons. The summed E-state index contributed by atoms with van der Waals surface area (Å²) >= 11 is 3.40. The van der Waals surface area contributed by atoms with Crippen molar-refractivity contribution in [2.75, 3.05) is 25.0 Å². The van der Waals surface area contributed by atoms with E-state index >= 15 is 0 Å². The lowest BCUT2D eigenvalue weighted by Gasteiger charge is -2.10. The van der Waals surface area contributed by atoms with E-state index in [0.717, 1.165) is 40.9 Å². The molecule has 1 aliphatic rings. The van der Waals surface area contributed by atoms with Crippen molar-refractivity contribution in [1.82, 2.24) is 10.6 Å².